The quantitative estimate of drug-likeness (QED) is 0.826. The van der Waals surface area contributed by atoms with Gasteiger partial charge in [-0.3, -0.25) is 9.48 Å². The fraction of sp³-hybridized carbons (Fsp3) is 0.524. The van der Waals surface area contributed by atoms with Crippen molar-refractivity contribution in [3.8, 4) is 0 Å². The standard InChI is InChI=1S/C21H25F2N3O/c1-11(2)16-13-8-4-6-12-7-5-9-15(17(12)18(13)16)24-21(27)14-10-26(3)25-19(14)20(22)23/h5,7,9-11,13,16,18,20H,4,6,8H2,1-3H3,(H,24,27). The van der Waals surface area contributed by atoms with Gasteiger partial charge in [-0.05, 0) is 60.1 Å². The molecule has 1 N–H and O–H groups in total. The maximum Gasteiger partial charge on any atom is 0.282 e. The highest BCUT2D eigenvalue weighted by atomic mass is 19.3. The topological polar surface area (TPSA) is 46.9 Å². The third-order valence-corrected chi connectivity index (χ3v) is 6.07. The van der Waals surface area contributed by atoms with Crippen molar-refractivity contribution in [3.63, 3.8) is 0 Å². The first-order valence-electron chi connectivity index (χ1n) is 9.63. The number of aromatic nitrogens is 2. The summed E-state index contributed by atoms with van der Waals surface area (Å²) in [5.41, 5.74) is 2.73. The van der Waals surface area contributed by atoms with E-state index in [4.69, 9.17) is 0 Å². The number of hydrogen-bond donors (Lipinski definition) is 1. The summed E-state index contributed by atoms with van der Waals surface area (Å²) in [7, 11) is 1.54. The summed E-state index contributed by atoms with van der Waals surface area (Å²) in [6.45, 7) is 4.51. The number of amides is 1. The summed E-state index contributed by atoms with van der Waals surface area (Å²) in [6.07, 6.45) is 1.96. The molecule has 27 heavy (non-hydrogen) atoms. The molecule has 0 aliphatic heterocycles. The lowest BCUT2D eigenvalue weighted by Crippen LogP contribution is -2.15. The van der Waals surface area contributed by atoms with Gasteiger partial charge >= 0.3 is 0 Å². The summed E-state index contributed by atoms with van der Waals surface area (Å²) >= 11 is 0. The molecule has 2 aliphatic carbocycles. The molecule has 1 heterocycles. The Morgan fingerprint density at radius 1 is 1.33 bits per heavy atom. The molecule has 1 saturated carbocycles. The van der Waals surface area contributed by atoms with Gasteiger partial charge < -0.3 is 5.32 Å². The fourth-order valence-corrected chi connectivity index (χ4v) is 4.98. The Morgan fingerprint density at radius 3 is 2.81 bits per heavy atom. The Bertz CT molecular complexity index is 874. The molecule has 1 aromatic carbocycles. The Labute approximate surface area is 158 Å². The van der Waals surface area contributed by atoms with E-state index in [1.165, 1.54) is 28.4 Å². The minimum atomic E-state index is -2.78. The number of benzene rings is 1. The van der Waals surface area contributed by atoms with E-state index in [1.807, 2.05) is 12.1 Å². The van der Waals surface area contributed by atoms with Crippen molar-refractivity contribution >= 4 is 11.6 Å². The summed E-state index contributed by atoms with van der Waals surface area (Å²) < 4.78 is 27.7. The van der Waals surface area contributed by atoms with E-state index in [0.717, 1.165) is 18.5 Å². The van der Waals surface area contributed by atoms with Crippen molar-refractivity contribution in [1.29, 1.82) is 0 Å². The lowest BCUT2D eigenvalue weighted by atomic mass is 9.94. The molecule has 1 aromatic heterocycles. The Hall–Kier alpha value is -2.24. The molecule has 2 aromatic rings. The van der Waals surface area contributed by atoms with Gasteiger partial charge in [0, 0.05) is 18.9 Å². The summed E-state index contributed by atoms with van der Waals surface area (Å²) in [5.74, 6) is 1.84. The number of anilines is 1. The van der Waals surface area contributed by atoms with Gasteiger partial charge in [-0.15, -0.1) is 0 Å². The number of hydrogen-bond acceptors (Lipinski definition) is 2. The summed E-state index contributed by atoms with van der Waals surface area (Å²) in [6, 6.07) is 5.98. The SMILES string of the molecule is CC(C)C1C2CCCc3cccc(NC(=O)c4cn(C)nc4C(F)F)c3C21. The van der Waals surface area contributed by atoms with Crippen LogP contribution in [0.1, 0.15) is 66.2 Å². The number of aryl methyl sites for hydroxylation is 2. The molecule has 1 amide bonds. The van der Waals surface area contributed by atoms with Crippen LogP contribution in [-0.2, 0) is 13.5 Å². The first-order chi connectivity index (χ1) is 12.9. The van der Waals surface area contributed by atoms with Crippen LogP contribution in [0.5, 0.6) is 0 Å². The molecule has 2 aliphatic rings. The lowest BCUT2D eigenvalue weighted by molar-refractivity contribution is 0.101. The third kappa shape index (κ3) is 3.15. The summed E-state index contributed by atoms with van der Waals surface area (Å²) in [5, 5.41) is 6.65. The third-order valence-electron chi connectivity index (χ3n) is 6.07. The lowest BCUT2D eigenvalue weighted by Gasteiger charge is -2.16. The van der Waals surface area contributed by atoms with Gasteiger partial charge in [0.2, 0.25) is 0 Å². The largest absolute Gasteiger partial charge is 0.322 e. The zero-order valence-corrected chi connectivity index (χ0v) is 15.9. The second kappa shape index (κ2) is 6.73. The predicted octanol–water partition coefficient (Wildman–Crippen LogP) is 4.93. The van der Waals surface area contributed by atoms with Crippen molar-refractivity contribution in [2.24, 2.45) is 24.8 Å². The van der Waals surface area contributed by atoms with E-state index < -0.39 is 18.0 Å². The molecule has 3 unspecified atom stereocenters. The molecule has 1 fully saturated rings. The van der Waals surface area contributed by atoms with Crippen LogP contribution in [0.2, 0.25) is 0 Å². The molecule has 144 valence electrons. The molecule has 3 atom stereocenters. The van der Waals surface area contributed by atoms with Crippen LogP contribution in [0.4, 0.5) is 14.5 Å². The zero-order valence-electron chi connectivity index (χ0n) is 15.9. The van der Waals surface area contributed by atoms with Crippen LogP contribution < -0.4 is 5.32 Å². The van der Waals surface area contributed by atoms with Gasteiger partial charge in [0.1, 0.15) is 5.69 Å². The molecule has 4 nitrogen and oxygen atoms in total. The number of rotatable bonds is 4. The monoisotopic (exact) mass is 373 g/mol. The molecule has 6 heteroatoms. The van der Waals surface area contributed by atoms with Crippen molar-refractivity contribution < 1.29 is 13.6 Å². The average molecular weight is 373 g/mol. The highest BCUT2D eigenvalue weighted by Gasteiger charge is 2.53. The average Bonchev–Trinajstić information content (AvgIpc) is 3.21. The predicted molar refractivity (Wildman–Crippen MR) is 100 cm³/mol. The first-order valence-corrected chi connectivity index (χ1v) is 9.63. The van der Waals surface area contributed by atoms with Crippen LogP contribution in [-0.4, -0.2) is 15.7 Å². The fourth-order valence-electron chi connectivity index (χ4n) is 4.98. The highest BCUT2D eigenvalue weighted by Crippen LogP contribution is 2.63. The van der Waals surface area contributed by atoms with E-state index in [1.54, 1.807) is 7.05 Å². The van der Waals surface area contributed by atoms with Gasteiger partial charge in [0.05, 0.1) is 5.56 Å². The number of alkyl halides is 2. The smallest absolute Gasteiger partial charge is 0.282 e. The van der Waals surface area contributed by atoms with Gasteiger partial charge in [-0.25, -0.2) is 8.78 Å². The minimum Gasteiger partial charge on any atom is -0.322 e. The maximum absolute atomic E-state index is 13.2. The van der Waals surface area contributed by atoms with Crippen LogP contribution in [0.15, 0.2) is 24.4 Å². The van der Waals surface area contributed by atoms with Crippen molar-refractivity contribution in [2.75, 3.05) is 5.32 Å². The van der Waals surface area contributed by atoms with Gasteiger partial charge in [-0.2, -0.15) is 5.10 Å². The van der Waals surface area contributed by atoms with Crippen molar-refractivity contribution in [2.45, 2.75) is 45.5 Å². The molecule has 0 radical (unpaired) electrons. The Kier molecular flexibility index (Phi) is 4.52. The van der Waals surface area contributed by atoms with Crippen LogP contribution in [0.3, 0.4) is 0 Å². The maximum atomic E-state index is 13.2. The number of fused-ring (bicyclic) bond motifs is 3. The van der Waals surface area contributed by atoms with Crippen molar-refractivity contribution in [3.05, 3.63) is 46.8 Å². The molecule has 4 rings (SSSR count). The second-order valence-corrected chi connectivity index (χ2v) is 8.14. The van der Waals surface area contributed by atoms with Gasteiger partial charge in [0.15, 0.2) is 0 Å². The first kappa shape index (κ1) is 18.1. The van der Waals surface area contributed by atoms with E-state index in [0.29, 0.717) is 23.7 Å². The van der Waals surface area contributed by atoms with Gasteiger partial charge in [0.25, 0.3) is 12.3 Å². The second-order valence-electron chi connectivity index (χ2n) is 8.14. The molecular formula is C21H25F2N3O. The minimum absolute atomic E-state index is 0.0634. The van der Waals surface area contributed by atoms with E-state index >= 15 is 0 Å². The van der Waals surface area contributed by atoms with Crippen LogP contribution >= 0.6 is 0 Å². The Morgan fingerprint density at radius 2 is 2.11 bits per heavy atom. The number of carbonyl (C=O) groups excluding carboxylic acids is 1. The highest BCUT2D eigenvalue weighted by molar-refractivity contribution is 6.05. The van der Waals surface area contributed by atoms with Crippen LogP contribution in [0.25, 0.3) is 0 Å². The van der Waals surface area contributed by atoms with Crippen molar-refractivity contribution in [1.82, 2.24) is 9.78 Å². The normalized spacial score (nSPS) is 23.7. The molecule has 0 spiro atoms. The van der Waals surface area contributed by atoms with Crippen LogP contribution in [0, 0.1) is 17.8 Å². The molecule has 0 bridgehead atoms. The van der Waals surface area contributed by atoms with E-state index in [-0.39, 0.29) is 5.56 Å². The van der Waals surface area contributed by atoms with E-state index in [2.05, 4.69) is 30.3 Å². The van der Waals surface area contributed by atoms with Gasteiger partial charge in [-0.1, -0.05) is 26.0 Å². The molecule has 0 saturated heterocycles. The summed E-state index contributed by atoms with van der Waals surface area (Å²) in [4.78, 5) is 12.8. The van der Waals surface area contributed by atoms with E-state index in [9.17, 15) is 13.6 Å². The Balaban J connectivity index is 1.68. The number of nitrogens with zero attached hydrogens (tertiary/aromatic N) is 2. The molecular weight excluding hydrogens is 348 g/mol. The zero-order chi connectivity index (χ0) is 19.3. The number of nitrogens with one attached hydrogen (secondary N) is 1. The number of halogens is 2. The number of carbonyl (C=O) groups is 1.